The Hall–Kier alpha value is -1.46. The van der Waals surface area contributed by atoms with Crippen molar-refractivity contribution < 1.29 is 14.6 Å². The summed E-state index contributed by atoms with van der Waals surface area (Å²) >= 11 is 12.3. The molecule has 0 saturated heterocycles. The number of nitrogens with one attached hydrogen (secondary N) is 1. The molecule has 0 aliphatic carbocycles. The lowest BCUT2D eigenvalue weighted by atomic mass is 10.2. The third kappa shape index (κ3) is 5.29. The minimum absolute atomic E-state index is 0.0890. The zero-order valence-electron chi connectivity index (χ0n) is 12.8. The van der Waals surface area contributed by atoms with Crippen molar-refractivity contribution in [1.82, 2.24) is 5.32 Å². The summed E-state index contributed by atoms with van der Waals surface area (Å²) in [4.78, 5) is 0. The van der Waals surface area contributed by atoms with Gasteiger partial charge in [-0.05, 0) is 35.4 Å². The number of hydrogen-bond acceptors (Lipinski definition) is 4. The Labute approximate surface area is 145 Å². The summed E-state index contributed by atoms with van der Waals surface area (Å²) in [6.45, 7) is 1.54. The molecule has 0 aromatic heterocycles. The molecule has 2 aromatic rings. The van der Waals surface area contributed by atoms with Crippen LogP contribution >= 0.6 is 23.2 Å². The summed E-state index contributed by atoms with van der Waals surface area (Å²) < 4.78 is 11.2. The first kappa shape index (κ1) is 17.9. The van der Waals surface area contributed by atoms with Crippen molar-refractivity contribution in [3.05, 3.63) is 57.6 Å². The summed E-state index contributed by atoms with van der Waals surface area (Å²) in [5, 5.41) is 13.0. The number of rotatable bonds is 8. The zero-order chi connectivity index (χ0) is 16.7. The standard InChI is InChI=1S/C17H19Cl2NO3/c1-22-16-9-13(10-20-5-6-21)8-15(19)17(16)23-11-12-3-2-4-14(18)7-12/h2-4,7-9,20-21H,5-6,10-11H2,1H3. The fourth-order valence-corrected chi connectivity index (χ4v) is 2.61. The van der Waals surface area contributed by atoms with E-state index in [1.165, 1.54) is 0 Å². The fraction of sp³-hybridized carbons (Fsp3) is 0.294. The van der Waals surface area contributed by atoms with Crippen molar-refractivity contribution in [2.75, 3.05) is 20.3 Å². The average Bonchev–Trinajstić information content (AvgIpc) is 2.53. The monoisotopic (exact) mass is 355 g/mol. The number of aliphatic hydroxyl groups excluding tert-OH is 1. The second kappa shape index (κ2) is 8.99. The summed E-state index contributed by atoms with van der Waals surface area (Å²) in [5.74, 6) is 1.07. The van der Waals surface area contributed by atoms with Crippen LogP contribution in [0.1, 0.15) is 11.1 Å². The van der Waals surface area contributed by atoms with Crippen LogP contribution in [0, 0.1) is 0 Å². The number of halogens is 2. The molecule has 0 bridgehead atoms. The Balaban J connectivity index is 2.11. The van der Waals surface area contributed by atoms with E-state index in [1.54, 1.807) is 7.11 Å². The van der Waals surface area contributed by atoms with Gasteiger partial charge in [0.1, 0.15) is 6.61 Å². The molecule has 0 fully saturated rings. The molecule has 0 spiro atoms. The van der Waals surface area contributed by atoms with Gasteiger partial charge in [-0.15, -0.1) is 0 Å². The first-order valence-electron chi connectivity index (χ1n) is 7.19. The van der Waals surface area contributed by atoms with Crippen LogP contribution in [-0.2, 0) is 13.2 Å². The molecule has 2 aromatic carbocycles. The largest absolute Gasteiger partial charge is 0.493 e. The van der Waals surface area contributed by atoms with E-state index in [9.17, 15) is 0 Å². The summed E-state index contributed by atoms with van der Waals surface area (Å²) in [6.07, 6.45) is 0. The Morgan fingerprint density at radius 2 is 1.96 bits per heavy atom. The van der Waals surface area contributed by atoms with Crippen LogP contribution in [-0.4, -0.2) is 25.4 Å². The van der Waals surface area contributed by atoms with Crippen LogP contribution in [0.4, 0.5) is 0 Å². The highest BCUT2D eigenvalue weighted by atomic mass is 35.5. The van der Waals surface area contributed by atoms with Crippen molar-refractivity contribution in [2.24, 2.45) is 0 Å². The third-order valence-electron chi connectivity index (χ3n) is 3.18. The van der Waals surface area contributed by atoms with Crippen LogP contribution < -0.4 is 14.8 Å². The minimum atomic E-state index is 0.0890. The molecule has 0 amide bonds. The molecule has 0 aliphatic heterocycles. The normalized spacial score (nSPS) is 10.6. The molecule has 0 radical (unpaired) electrons. The van der Waals surface area contributed by atoms with E-state index >= 15 is 0 Å². The lowest BCUT2D eigenvalue weighted by Gasteiger charge is -2.14. The maximum atomic E-state index is 8.80. The molecule has 2 rings (SSSR count). The molecule has 6 heteroatoms. The van der Waals surface area contributed by atoms with Crippen LogP contribution in [0.3, 0.4) is 0 Å². The Kier molecular flexibility index (Phi) is 6.99. The van der Waals surface area contributed by atoms with Gasteiger partial charge in [-0.2, -0.15) is 0 Å². The molecule has 0 heterocycles. The minimum Gasteiger partial charge on any atom is -0.493 e. The van der Waals surface area contributed by atoms with Crippen LogP contribution in [0.15, 0.2) is 36.4 Å². The first-order chi connectivity index (χ1) is 11.1. The third-order valence-corrected chi connectivity index (χ3v) is 3.69. The highest BCUT2D eigenvalue weighted by molar-refractivity contribution is 6.32. The van der Waals surface area contributed by atoms with Crippen molar-refractivity contribution >= 4 is 23.2 Å². The van der Waals surface area contributed by atoms with Crippen LogP contribution in [0.2, 0.25) is 10.0 Å². The second-order valence-corrected chi connectivity index (χ2v) is 5.77. The molecular weight excluding hydrogens is 337 g/mol. The Morgan fingerprint density at radius 3 is 2.65 bits per heavy atom. The topological polar surface area (TPSA) is 50.7 Å². The van der Waals surface area contributed by atoms with Gasteiger partial charge in [0.2, 0.25) is 0 Å². The number of aliphatic hydroxyl groups is 1. The van der Waals surface area contributed by atoms with Gasteiger partial charge in [0.05, 0.1) is 18.7 Å². The van der Waals surface area contributed by atoms with Gasteiger partial charge in [-0.1, -0.05) is 35.3 Å². The maximum Gasteiger partial charge on any atom is 0.180 e. The first-order valence-corrected chi connectivity index (χ1v) is 7.95. The molecule has 124 valence electrons. The van der Waals surface area contributed by atoms with Crippen molar-refractivity contribution in [2.45, 2.75) is 13.2 Å². The average molecular weight is 356 g/mol. The zero-order valence-corrected chi connectivity index (χ0v) is 14.3. The van der Waals surface area contributed by atoms with E-state index in [-0.39, 0.29) is 6.61 Å². The number of ether oxygens (including phenoxy) is 2. The summed E-state index contributed by atoms with van der Waals surface area (Å²) in [7, 11) is 1.57. The molecule has 0 aliphatic rings. The quantitative estimate of drug-likeness (QED) is 0.709. The van der Waals surface area contributed by atoms with Crippen LogP contribution in [0.25, 0.3) is 0 Å². The van der Waals surface area contributed by atoms with Crippen LogP contribution in [0.5, 0.6) is 11.5 Å². The number of methoxy groups -OCH3 is 1. The highest BCUT2D eigenvalue weighted by Crippen LogP contribution is 2.37. The van der Waals surface area contributed by atoms with Gasteiger partial charge in [0, 0.05) is 18.1 Å². The van der Waals surface area contributed by atoms with E-state index in [2.05, 4.69) is 5.32 Å². The van der Waals surface area contributed by atoms with Gasteiger partial charge in [0.25, 0.3) is 0 Å². The Morgan fingerprint density at radius 1 is 1.13 bits per heavy atom. The molecule has 0 unspecified atom stereocenters. The van der Waals surface area contributed by atoms with E-state index in [1.807, 2.05) is 36.4 Å². The highest BCUT2D eigenvalue weighted by Gasteiger charge is 2.12. The van der Waals surface area contributed by atoms with E-state index in [0.29, 0.717) is 41.2 Å². The van der Waals surface area contributed by atoms with Crippen molar-refractivity contribution in [3.8, 4) is 11.5 Å². The van der Waals surface area contributed by atoms with Gasteiger partial charge in [-0.25, -0.2) is 0 Å². The van der Waals surface area contributed by atoms with Gasteiger partial charge < -0.3 is 19.9 Å². The molecule has 23 heavy (non-hydrogen) atoms. The van der Waals surface area contributed by atoms with E-state index < -0.39 is 0 Å². The van der Waals surface area contributed by atoms with E-state index in [0.717, 1.165) is 11.1 Å². The predicted octanol–water partition coefficient (Wildman–Crippen LogP) is 3.66. The van der Waals surface area contributed by atoms with Gasteiger partial charge >= 0.3 is 0 Å². The molecular formula is C17H19Cl2NO3. The smallest absolute Gasteiger partial charge is 0.180 e. The SMILES string of the molecule is COc1cc(CNCCO)cc(Cl)c1OCc1cccc(Cl)c1. The van der Waals surface area contributed by atoms with E-state index in [4.69, 9.17) is 37.8 Å². The summed E-state index contributed by atoms with van der Waals surface area (Å²) in [6, 6.07) is 11.1. The van der Waals surface area contributed by atoms with Crippen molar-refractivity contribution in [1.29, 1.82) is 0 Å². The molecule has 2 N–H and O–H groups in total. The second-order valence-electron chi connectivity index (χ2n) is 4.93. The molecule has 0 saturated carbocycles. The van der Waals surface area contributed by atoms with Gasteiger partial charge in [0.15, 0.2) is 11.5 Å². The lowest BCUT2D eigenvalue weighted by Crippen LogP contribution is -2.17. The molecule has 4 nitrogen and oxygen atoms in total. The van der Waals surface area contributed by atoms with Crippen molar-refractivity contribution in [3.63, 3.8) is 0 Å². The lowest BCUT2D eigenvalue weighted by molar-refractivity contribution is 0.284. The number of hydrogen-bond donors (Lipinski definition) is 2. The maximum absolute atomic E-state index is 8.80. The summed E-state index contributed by atoms with van der Waals surface area (Å²) in [5.41, 5.74) is 1.90. The number of benzene rings is 2. The fourth-order valence-electron chi connectivity index (χ4n) is 2.11. The molecule has 0 atom stereocenters. The van der Waals surface area contributed by atoms with Gasteiger partial charge in [-0.3, -0.25) is 0 Å². The predicted molar refractivity (Wildman–Crippen MR) is 92.6 cm³/mol. The Bertz CT molecular complexity index is 650.